The lowest BCUT2D eigenvalue weighted by Gasteiger charge is -2.04. The standard InChI is InChI=1S/C18H21NO/c19-14-13-16-9-11-17(12-10-16)18(20)8-4-7-15-5-2-1-3-6-15/h1-3,5-6,9-12H,4,7-8,13-14,19H2. The predicted molar refractivity (Wildman–Crippen MR) is 82.9 cm³/mol. The highest BCUT2D eigenvalue weighted by Crippen LogP contribution is 2.11. The number of rotatable bonds is 7. The lowest BCUT2D eigenvalue weighted by molar-refractivity contribution is 0.0980. The molecule has 0 aliphatic rings. The summed E-state index contributed by atoms with van der Waals surface area (Å²) in [5.41, 5.74) is 8.80. The smallest absolute Gasteiger partial charge is 0.162 e. The van der Waals surface area contributed by atoms with Gasteiger partial charge in [-0.05, 0) is 36.9 Å². The topological polar surface area (TPSA) is 43.1 Å². The third kappa shape index (κ3) is 4.32. The molecule has 0 saturated heterocycles. The molecule has 0 spiro atoms. The van der Waals surface area contributed by atoms with Crippen molar-refractivity contribution in [3.63, 3.8) is 0 Å². The van der Waals surface area contributed by atoms with Crippen LogP contribution in [0.3, 0.4) is 0 Å². The van der Waals surface area contributed by atoms with Gasteiger partial charge in [-0.2, -0.15) is 0 Å². The van der Waals surface area contributed by atoms with E-state index < -0.39 is 0 Å². The molecule has 0 bridgehead atoms. The molecule has 0 unspecified atom stereocenters. The minimum atomic E-state index is 0.222. The van der Waals surface area contributed by atoms with E-state index in [0.29, 0.717) is 13.0 Å². The molecule has 2 aromatic carbocycles. The van der Waals surface area contributed by atoms with Crippen LogP contribution in [0.1, 0.15) is 34.3 Å². The second-order valence-corrected chi connectivity index (χ2v) is 5.00. The molecule has 2 nitrogen and oxygen atoms in total. The molecule has 0 heterocycles. The molecular weight excluding hydrogens is 246 g/mol. The molecule has 2 rings (SSSR count). The number of carbonyl (C=O) groups is 1. The Hall–Kier alpha value is -1.93. The van der Waals surface area contributed by atoms with Gasteiger partial charge in [-0.3, -0.25) is 4.79 Å². The molecule has 2 N–H and O–H groups in total. The number of carbonyl (C=O) groups excluding carboxylic acids is 1. The van der Waals surface area contributed by atoms with Crippen LogP contribution in [0, 0.1) is 0 Å². The van der Waals surface area contributed by atoms with Crippen LogP contribution in [-0.4, -0.2) is 12.3 Å². The summed E-state index contributed by atoms with van der Waals surface area (Å²) < 4.78 is 0. The third-order valence-electron chi connectivity index (χ3n) is 3.42. The highest BCUT2D eigenvalue weighted by molar-refractivity contribution is 5.96. The normalized spacial score (nSPS) is 10.4. The SMILES string of the molecule is NCCc1ccc(C(=O)CCCc2ccccc2)cc1. The maximum atomic E-state index is 12.1. The van der Waals surface area contributed by atoms with Crippen molar-refractivity contribution in [2.45, 2.75) is 25.7 Å². The Labute approximate surface area is 120 Å². The van der Waals surface area contributed by atoms with E-state index in [1.54, 1.807) is 0 Å². The number of nitrogens with two attached hydrogens (primary N) is 1. The lowest BCUT2D eigenvalue weighted by Crippen LogP contribution is -2.04. The molecule has 0 atom stereocenters. The number of hydrogen-bond donors (Lipinski definition) is 1. The van der Waals surface area contributed by atoms with Crippen molar-refractivity contribution in [2.75, 3.05) is 6.54 Å². The maximum Gasteiger partial charge on any atom is 0.162 e. The van der Waals surface area contributed by atoms with Crippen molar-refractivity contribution in [2.24, 2.45) is 5.73 Å². The first kappa shape index (κ1) is 14.5. The fourth-order valence-corrected chi connectivity index (χ4v) is 2.27. The van der Waals surface area contributed by atoms with Gasteiger partial charge in [0.25, 0.3) is 0 Å². The van der Waals surface area contributed by atoms with E-state index in [4.69, 9.17) is 5.73 Å². The van der Waals surface area contributed by atoms with Crippen molar-refractivity contribution >= 4 is 5.78 Å². The quantitative estimate of drug-likeness (QED) is 0.781. The van der Waals surface area contributed by atoms with Crippen LogP contribution in [0.4, 0.5) is 0 Å². The van der Waals surface area contributed by atoms with Crippen LogP contribution in [0.2, 0.25) is 0 Å². The highest BCUT2D eigenvalue weighted by atomic mass is 16.1. The van der Waals surface area contributed by atoms with E-state index in [0.717, 1.165) is 24.8 Å². The van der Waals surface area contributed by atoms with E-state index >= 15 is 0 Å². The Kier molecular flexibility index (Phi) is 5.51. The Bertz CT molecular complexity index is 531. The molecule has 0 radical (unpaired) electrons. The average Bonchev–Trinajstić information content (AvgIpc) is 2.49. The van der Waals surface area contributed by atoms with Crippen molar-refractivity contribution in [3.05, 3.63) is 71.3 Å². The Morgan fingerprint density at radius 1 is 0.850 bits per heavy atom. The van der Waals surface area contributed by atoms with Gasteiger partial charge in [0, 0.05) is 12.0 Å². The van der Waals surface area contributed by atoms with Crippen LogP contribution in [0.15, 0.2) is 54.6 Å². The summed E-state index contributed by atoms with van der Waals surface area (Å²) >= 11 is 0. The molecule has 0 aromatic heterocycles. The average molecular weight is 267 g/mol. The second kappa shape index (κ2) is 7.61. The summed E-state index contributed by atoms with van der Waals surface area (Å²) in [5, 5.41) is 0. The first-order valence-electron chi connectivity index (χ1n) is 7.16. The summed E-state index contributed by atoms with van der Waals surface area (Å²) in [5.74, 6) is 0.222. The largest absolute Gasteiger partial charge is 0.330 e. The van der Waals surface area contributed by atoms with Gasteiger partial charge < -0.3 is 5.73 Å². The summed E-state index contributed by atoms with van der Waals surface area (Å²) in [6.45, 7) is 0.643. The number of benzene rings is 2. The third-order valence-corrected chi connectivity index (χ3v) is 3.42. The highest BCUT2D eigenvalue weighted by Gasteiger charge is 2.05. The molecule has 104 valence electrons. The number of hydrogen-bond acceptors (Lipinski definition) is 2. The number of Topliss-reactive ketones (excluding diaryl/α,β-unsaturated/α-hetero) is 1. The van der Waals surface area contributed by atoms with E-state index in [-0.39, 0.29) is 5.78 Å². The summed E-state index contributed by atoms with van der Waals surface area (Å²) in [6.07, 6.45) is 3.32. The molecule has 2 heteroatoms. The van der Waals surface area contributed by atoms with E-state index in [1.807, 2.05) is 42.5 Å². The molecule has 0 saturated carbocycles. The van der Waals surface area contributed by atoms with Gasteiger partial charge in [0.2, 0.25) is 0 Å². The maximum absolute atomic E-state index is 12.1. The van der Waals surface area contributed by atoms with Crippen molar-refractivity contribution < 1.29 is 4.79 Å². The van der Waals surface area contributed by atoms with Crippen molar-refractivity contribution in [1.82, 2.24) is 0 Å². The van der Waals surface area contributed by atoms with E-state index in [2.05, 4.69) is 12.1 Å². The monoisotopic (exact) mass is 267 g/mol. The molecule has 20 heavy (non-hydrogen) atoms. The van der Waals surface area contributed by atoms with Crippen molar-refractivity contribution in [1.29, 1.82) is 0 Å². The van der Waals surface area contributed by atoms with Gasteiger partial charge in [0.1, 0.15) is 0 Å². The van der Waals surface area contributed by atoms with Gasteiger partial charge in [-0.25, -0.2) is 0 Å². The van der Waals surface area contributed by atoms with Gasteiger partial charge in [-0.15, -0.1) is 0 Å². The summed E-state index contributed by atoms with van der Waals surface area (Å²) in [4.78, 5) is 12.1. The Morgan fingerprint density at radius 3 is 2.15 bits per heavy atom. The molecular formula is C18H21NO. The Morgan fingerprint density at radius 2 is 1.50 bits per heavy atom. The second-order valence-electron chi connectivity index (χ2n) is 5.00. The van der Waals surface area contributed by atoms with E-state index in [1.165, 1.54) is 11.1 Å². The minimum absolute atomic E-state index is 0.222. The molecule has 0 aliphatic heterocycles. The van der Waals surface area contributed by atoms with Gasteiger partial charge in [0.05, 0.1) is 0 Å². The van der Waals surface area contributed by atoms with Gasteiger partial charge in [0.15, 0.2) is 5.78 Å². The van der Waals surface area contributed by atoms with Crippen molar-refractivity contribution in [3.8, 4) is 0 Å². The predicted octanol–water partition coefficient (Wildman–Crippen LogP) is 3.39. The van der Waals surface area contributed by atoms with Gasteiger partial charge in [-0.1, -0.05) is 54.6 Å². The Balaban J connectivity index is 1.82. The summed E-state index contributed by atoms with van der Waals surface area (Å²) in [6, 6.07) is 18.1. The van der Waals surface area contributed by atoms with Crippen LogP contribution < -0.4 is 5.73 Å². The molecule has 2 aromatic rings. The van der Waals surface area contributed by atoms with E-state index in [9.17, 15) is 4.79 Å². The first-order valence-corrected chi connectivity index (χ1v) is 7.16. The molecule has 0 amide bonds. The fourth-order valence-electron chi connectivity index (χ4n) is 2.27. The molecule has 0 fully saturated rings. The number of aryl methyl sites for hydroxylation is 1. The van der Waals surface area contributed by atoms with Crippen LogP contribution in [0.5, 0.6) is 0 Å². The van der Waals surface area contributed by atoms with Crippen LogP contribution >= 0.6 is 0 Å². The number of ketones is 1. The van der Waals surface area contributed by atoms with Crippen LogP contribution in [0.25, 0.3) is 0 Å². The zero-order valence-electron chi connectivity index (χ0n) is 11.7. The van der Waals surface area contributed by atoms with Gasteiger partial charge >= 0.3 is 0 Å². The lowest BCUT2D eigenvalue weighted by atomic mass is 10.0. The minimum Gasteiger partial charge on any atom is -0.330 e. The zero-order valence-corrected chi connectivity index (χ0v) is 11.7. The fraction of sp³-hybridized carbons (Fsp3) is 0.278. The molecule has 0 aliphatic carbocycles. The first-order chi connectivity index (χ1) is 9.79. The van der Waals surface area contributed by atoms with Crippen LogP contribution in [-0.2, 0) is 12.8 Å². The zero-order chi connectivity index (χ0) is 14.2. The summed E-state index contributed by atoms with van der Waals surface area (Å²) in [7, 11) is 0.